The lowest BCUT2D eigenvalue weighted by atomic mass is 10.0. The number of rotatable bonds is 4. The van der Waals surface area contributed by atoms with Gasteiger partial charge < -0.3 is 9.64 Å². The van der Waals surface area contributed by atoms with Crippen LogP contribution >= 0.6 is 0 Å². The minimum absolute atomic E-state index is 0.478. The van der Waals surface area contributed by atoms with Crippen LogP contribution < -0.4 is 5.32 Å². The van der Waals surface area contributed by atoms with E-state index in [4.69, 9.17) is 4.74 Å². The molecule has 1 aliphatic rings. The molecule has 2 rings (SSSR count). The molecule has 5 heteroatoms. The molecule has 1 aliphatic carbocycles. The number of nitrogens with zero attached hydrogens (tertiary/aromatic N) is 2. The standard InChI is InChI=1S/C18H27N3O2/c1-18(2,3)23-17(22)20-16-11-10-14(13-8-6-7-9-13)15(19-16)12-21(4)5/h8,10-11H,6-7,9,12H2,1-5H3,(H,19,20,22). The van der Waals surface area contributed by atoms with E-state index >= 15 is 0 Å². The number of nitrogens with one attached hydrogen (secondary N) is 1. The van der Waals surface area contributed by atoms with E-state index in [1.54, 1.807) is 0 Å². The maximum absolute atomic E-state index is 11.9. The quantitative estimate of drug-likeness (QED) is 0.910. The van der Waals surface area contributed by atoms with Gasteiger partial charge in [0, 0.05) is 12.1 Å². The molecule has 1 aromatic rings. The average molecular weight is 317 g/mol. The van der Waals surface area contributed by atoms with E-state index in [0.29, 0.717) is 5.82 Å². The third-order valence-corrected chi connectivity index (χ3v) is 3.46. The Morgan fingerprint density at radius 1 is 1.35 bits per heavy atom. The summed E-state index contributed by atoms with van der Waals surface area (Å²) in [5.41, 5.74) is 3.01. The summed E-state index contributed by atoms with van der Waals surface area (Å²) in [6, 6.07) is 3.90. The molecule has 0 unspecified atom stereocenters. The molecule has 23 heavy (non-hydrogen) atoms. The molecule has 1 N–H and O–H groups in total. The second kappa shape index (κ2) is 7.13. The Kier molecular flexibility index (Phi) is 5.42. The Balaban J connectivity index is 2.20. The molecule has 0 aromatic carbocycles. The number of carbonyl (C=O) groups excluding carboxylic acids is 1. The lowest BCUT2D eigenvalue weighted by Crippen LogP contribution is -2.27. The molecule has 1 aromatic heterocycles. The minimum Gasteiger partial charge on any atom is -0.444 e. The monoisotopic (exact) mass is 317 g/mol. The number of hydrogen-bond donors (Lipinski definition) is 1. The SMILES string of the molecule is CN(C)Cc1nc(NC(=O)OC(C)(C)C)ccc1C1=CCCC1. The summed E-state index contributed by atoms with van der Waals surface area (Å²) in [4.78, 5) is 18.6. The third kappa shape index (κ3) is 5.36. The highest BCUT2D eigenvalue weighted by Gasteiger charge is 2.18. The molecule has 5 nitrogen and oxygen atoms in total. The summed E-state index contributed by atoms with van der Waals surface area (Å²) in [6.07, 6.45) is 5.25. The number of allylic oxidation sites excluding steroid dienone is 2. The molecule has 0 radical (unpaired) electrons. The molecule has 0 fully saturated rings. The Hall–Kier alpha value is -1.88. The fourth-order valence-electron chi connectivity index (χ4n) is 2.61. The Morgan fingerprint density at radius 3 is 2.65 bits per heavy atom. The summed E-state index contributed by atoms with van der Waals surface area (Å²) >= 11 is 0. The van der Waals surface area contributed by atoms with Crippen molar-refractivity contribution in [3.05, 3.63) is 29.5 Å². The third-order valence-electron chi connectivity index (χ3n) is 3.46. The van der Waals surface area contributed by atoms with Gasteiger partial charge in [-0.25, -0.2) is 9.78 Å². The predicted molar refractivity (Wildman–Crippen MR) is 93.3 cm³/mol. The van der Waals surface area contributed by atoms with Gasteiger partial charge >= 0.3 is 6.09 Å². The predicted octanol–water partition coefficient (Wildman–Crippen LogP) is 4.06. The van der Waals surface area contributed by atoms with Crippen LogP contribution in [0, 0.1) is 0 Å². The lowest BCUT2D eigenvalue weighted by molar-refractivity contribution is 0.0635. The molecule has 0 bridgehead atoms. The first-order valence-electron chi connectivity index (χ1n) is 8.08. The molecular formula is C18H27N3O2. The number of carbonyl (C=O) groups is 1. The van der Waals surface area contributed by atoms with Gasteiger partial charge in [0.05, 0.1) is 5.69 Å². The normalized spacial score (nSPS) is 14.8. The molecule has 0 saturated heterocycles. The fourth-order valence-corrected chi connectivity index (χ4v) is 2.61. The van der Waals surface area contributed by atoms with Crippen molar-refractivity contribution in [2.75, 3.05) is 19.4 Å². The molecule has 126 valence electrons. The van der Waals surface area contributed by atoms with Gasteiger partial charge in [0.15, 0.2) is 0 Å². The molecule has 0 aliphatic heterocycles. The van der Waals surface area contributed by atoms with Gasteiger partial charge in [-0.15, -0.1) is 0 Å². The highest BCUT2D eigenvalue weighted by Crippen LogP contribution is 2.30. The van der Waals surface area contributed by atoms with Crippen LogP contribution in [0.3, 0.4) is 0 Å². The zero-order chi connectivity index (χ0) is 17.0. The van der Waals surface area contributed by atoms with Gasteiger partial charge in [0.1, 0.15) is 11.4 Å². The van der Waals surface area contributed by atoms with Crippen LogP contribution in [0.15, 0.2) is 18.2 Å². The van der Waals surface area contributed by atoms with Crippen molar-refractivity contribution < 1.29 is 9.53 Å². The van der Waals surface area contributed by atoms with Gasteiger partial charge in [-0.1, -0.05) is 6.08 Å². The number of amides is 1. The Morgan fingerprint density at radius 2 is 2.09 bits per heavy atom. The van der Waals surface area contributed by atoms with Crippen molar-refractivity contribution >= 4 is 17.5 Å². The topological polar surface area (TPSA) is 54.5 Å². The van der Waals surface area contributed by atoms with Crippen LogP contribution in [0.25, 0.3) is 5.57 Å². The molecule has 1 heterocycles. The first-order valence-corrected chi connectivity index (χ1v) is 8.08. The summed E-state index contributed by atoms with van der Waals surface area (Å²) in [5, 5.41) is 2.72. The number of hydrogen-bond acceptors (Lipinski definition) is 4. The second-order valence-corrected chi connectivity index (χ2v) is 7.18. The summed E-state index contributed by atoms with van der Waals surface area (Å²) in [7, 11) is 4.03. The first-order chi connectivity index (χ1) is 10.7. The van der Waals surface area contributed by atoms with Gasteiger partial charge in [-0.3, -0.25) is 5.32 Å². The van der Waals surface area contributed by atoms with E-state index < -0.39 is 11.7 Å². The Bertz CT molecular complexity index is 601. The van der Waals surface area contributed by atoms with Crippen LogP contribution in [-0.4, -0.2) is 35.7 Å². The van der Waals surface area contributed by atoms with Crippen molar-refractivity contribution in [3.8, 4) is 0 Å². The summed E-state index contributed by atoms with van der Waals surface area (Å²) in [5.74, 6) is 0.526. The fraction of sp³-hybridized carbons (Fsp3) is 0.556. The zero-order valence-corrected chi connectivity index (χ0v) is 14.8. The van der Waals surface area contributed by atoms with E-state index in [-0.39, 0.29) is 0 Å². The number of aromatic nitrogens is 1. The number of anilines is 1. The maximum Gasteiger partial charge on any atom is 0.413 e. The Labute approximate surface area is 138 Å². The van der Waals surface area contributed by atoms with E-state index in [1.807, 2.05) is 40.9 Å². The van der Waals surface area contributed by atoms with Crippen molar-refractivity contribution in [2.45, 2.75) is 52.2 Å². The minimum atomic E-state index is -0.523. The van der Waals surface area contributed by atoms with E-state index in [9.17, 15) is 4.79 Å². The van der Waals surface area contributed by atoms with Gasteiger partial charge in [0.2, 0.25) is 0 Å². The van der Waals surface area contributed by atoms with Gasteiger partial charge in [0.25, 0.3) is 0 Å². The van der Waals surface area contributed by atoms with Crippen LogP contribution in [0.2, 0.25) is 0 Å². The van der Waals surface area contributed by atoms with Crippen LogP contribution in [0.1, 0.15) is 51.3 Å². The second-order valence-electron chi connectivity index (χ2n) is 7.18. The van der Waals surface area contributed by atoms with Crippen LogP contribution in [-0.2, 0) is 11.3 Å². The van der Waals surface area contributed by atoms with Gasteiger partial charge in [-0.05, 0) is 71.8 Å². The van der Waals surface area contributed by atoms with E-state index in [0.717, 1.165) is 25.1 Å². The van der Waals surface area contributed by atoms with Crippen molar-refractivity contribution in [3.63, 3.8) is 0 Å². The van der Waals surface area contributed by atoms with Crippen molar-refractivity contribution in [1.82, 2.24) is 9.88 Å². The molecule has 0 saturated carbocycles. The number of pyridine rings is 1. The molecule has 1 amide bonds. The van der Waals surface area contributed by atoms with Crippen LogP contribution in [0.5, 0.6) is 0 Å². The highest BCUT2D eigenvalue weighted by molar-refractivity contribution is 5.84. The van der Waals surface area contributed by atoms with Crippen molar-refractivity contribution in [2.24, 2.45) is 0 Å². The lowest BCUT2D eigenvalue weighted by Gasteiger charge is -2.20. The van der Waals surface area contributed by atoms with Crippen molar-refractivity contribution in [1.29, 1.82) is 0 Å². The number of ether oxygens (including phenoxy) is 1. The smallest absolute Gasteiger partial charge is 0.413 e. The maximum atomic E-state index is 11.9. The first kappa shape index (κ1) is 17.5. The molecule has 0 atom stereocenters. The van der Waals surface area contributed by atoms with Crippen LogP contribution in [0.4, 0.5) is 10.6 Å². The van der Waals surface area contributed by atoms with E-state index in [1.165, 1.54) is 17.6 Å². The highest BCUT2D eigenvalue weighted by atomic mass is 16.6. The summed E-state index contributed by atoms with van der Waals surface area (Å²) in [6.45, 7) is 6.25. The zero-order valence-electron chi connectivity index (χ0n) is 14.8. The van der Waals surface area contributed by atoms with E-state index in [2.05, 4.69) is 27.3 Å². The molecule has 0 spiro atoms. The molecular weight excluding hydrogens is 290 g/mol. The summed E-state index contributed by atoms with van der Waals surface area (Å²) < 4.78 is 5.28. The van der Waals surface area contributed by atoms with Gasteiger partial charge in [-0.2, -0.15) is 0 Å². The average Bonchev–Trinajstić information content (AvgIpc) is 2.89. The largest absolute Gasteiger partial charge is 0.444 e.